The second-order valence-electron chi connectivity index (χ2n) is 2.45. The van der Waals surface area contributed by atoms with Crippen LogP contribution in [-0.2, 0) is 0 Å². The summed E-state index contributed by atoms with van der Waals surface area (Å²) in [5.74, 6) is 2.08. The van der Waals surface area contributed by atoms with Crippen molar-refractivity contribution in [3.63, 3.8) is 0 Å². The van der Waals surface area contributed by atoms with Gasteiger partial charge in [0.2, 0.25) is 0 Å². The summed E-state index contributed by atoms with van der Waals surface area (Å²) < 4.78 is 17.9. The first-order valence-electron chi connectivity index (χ1n) is 4.01. The summed E-state index contributed by atoms with van der Waals surface area (Å²) in [4.78, 5) is 3.45. The lowest BCUT2D eigenvalue weighted by atomic mass is 10.3. The Labute approximate surface area is 76.8 Å². The Morgan fingerprint density at radius 2 is 2.46 bits per heavy atom. The van der Waals surface area contributed by atoms with Crippen LogP contribution < -0.4 is 4.74 Å². The summed E-state index contributed by atoms with van der Waals surface area (Å²) >= 11 is 0. The van der Waals surface area contributed by atoms with Gasteiger partial charge in [-0.15, -0.1) is 12.3 Å². The Morgan fingerprint density at radius 1 is 1.62 bits per heavy atom. The molecule has 1 heterocycles. The highest BCUT2D eigenvalue weighted by Gasteiger charge is 2.01. The monoisotopic (exact) mass is 178 g/mol. The van der Waals surface area contributed by atoms with E-state index in [-0.39, 0.29) is 5.75 Å². The molecular weight excluding hydrogens is 168 g/mol. The fourth-order valence-electron chi connectivity index (χ4n) is 0.835. The number of hydrogen-bond donors (Lipinski definition) is 0. The average Bonchev–Trinajstić information content (AvgIpc) is 2.15. The molecule has 0 aliphatic rings. The van der Waals surface area contributed by atoms with Crippen LogP contribution in [0.4, 0.5) is 4.39 Å². The number of terminal acetylenes is 1. The van der Waals surface area contributed by atoms with Crippen molar-refractivity contribution in [3.05, 3.63) is 24.3 Å². The molecule has 0 N–H and O–H groups in total. The number of aromatic nitrogens is 1. The van der Waals surface area contributed by atoms with E-state index in [2.05, 4.69) is 10.9 Å². The quantitative estimate of drug-likeness (QED) is 0.399. The predicted octanol–water partition coefficient (Wildman–Crippen LogP) is 2.01. The van der Waals surface area contributed by atoms with Crippen molar-refractivity contribution in [2.45, 2.75) is 12.8 Å². The standard InChI is InChI=1S/C10H10FNO/c1-2-3-4-8-13-9-6-5-7-12-10(9)11/h1,5-7H,3-4,8H2/i11-1. The molecule has 0 aliphatic carbocycles. The van der Waals surface area contributed by atoms with Gasteiger partial charge in [-0.2, -0.15) is 4.39 Å². The fraction of sp³-hybridized carbons (Fsp3) is 0.300. The van der Waals surface area contributed by atoms with E-state index in [0.29, 0.717) is 13.0 Å². The van der Waals surface area contributed by atoms with E-state index in [0.717, 1.165) is 6.42 Å². The number of pyridine rings is 1. The second kappa shape index (κ2) is 5.15. The van der Waals surface area contributed by atoms with Crippen molar-refractivity contribution in [1.29, 1.82) is 0 Å². The molecule has 0 aliphatic heterocycles. The number of hydrogen-bond acceptors (Lipinski definition) is 2. The van der Waals surface area contributed by atoms with Gasteiger partial charge in [0.1, 0.15) is 0 Å². The predicted molar refractivity (Wildman–Crippen MR) is 47.8 cm³/mol. The molecule has 0 radical (unpaired) electrons. The van der Waals surface area contributed by atoms with E-state index in [1.165, 1.54) is 12.3 Å². The second-order valence-corrected chi connectivity index (χ2v) is 2.45. The SMILES string of the molecule is C#CCCCOc1cccnc1[18F]. The molecule has 0 amide bonds. The Kier molecular flexibility index (Phi) is 3.77. The summed E-state index contributed by atoms with van der Waals surface area (Å²) in [6.07, 6.45) is 7.79. The molecule has 13 heavy (non-hydrogen) atoms. The van der Waals surface area contributed by atoms with Crippen molar-refractivity contribution < 1.29 is 9.13 Å². The van der Waals surface area contributed by atoms with E-state index in [1.807, 2.05) is 0 Å². The lowest BCUT2D eigenvalue weighted by Gasteiger charge is -2.03. The van der Waals surface area contributed by atoms with Crippen LogP contribution in [0.5, 0.6) is 5.75 Å². The highest BCUT2D eigenvalue weighted by Crippen LogP contribution is 2.12. The first kappa shape index (κ1) is 9.53. The van der Waals surface area contributed by atoms with Crippen LogP contribution in [-0.4, -0.2) is 11.6 Å². The smallest absolute Gasteiger partial charge is 0.255 e. The number of rotatable bonds is 4. The molecule has 0 aromatic carbocycles. The van der Waals surface area contributed by atoms with Gasteiger partial charge in [0, 0.05) is 12.6 Å². The summed E-state index contributed by atoms with van der Waals surface area (Å²) in [5, 5.41) is 0. The fourth-order valence-corrected chi connectivity index (χ4v) is 0.835. The minimum atomic E-state index is -0.580. The molecule has 0 atom stereocenters. The summed E-state index contributed by atoms with van der Waals surface area (Å²) in [7, 11) is 0. The third-order valence-corrected chi connectivity index (χ3v) is 1.45. The molecule has 3 heteroatoms. The average molecular weight is 178 g/mol. The Morgan fingerprint density at radius 3 is 3.15 bits per heavy atom. The van der Waals surface area contributed by atoms with Crippen molar-refractivity contribution in [3.8, 4) is 18.1 Å². The first-order chi connectivity index (χ1) is 6.34. The van der Waals surface area contributed by atoms with E-state index in [9.17, 15) is 4.39 Å². The Bertz CT molecular complexity index is 306. The lowest BCUT2D eigenvalue weighted by Crippen LogP contribution is -1.99. The van der Waals surface area contributed by atoms with E-state index in [1.54, 1.807) is 6.07 Å². The molecule has 1 rings (SSSR count). The van der Waals surface area contributed by atoms with Crippen LogP contribution in [0.1, 0.15) is 12.8 Å². The largest absolute Gasteiger partial charge is 0.489 e. The van der Waals surface area contributed by atoms with Crippen LogP contribution in [0.3, 0.4) is 0 Å². The molecule has 2 nitrogen and oxygen atoms in total. The van der Waals surface area contributed by atoms with Gasteiger partial charge in [-0.25, -0.2) is 4.98 Å². The van der Waals surface area contributed by atoms with E-state index >= 15 is 0 Å². The van der Waals surface area contributed by atoms with Gasteiger partial charge in [0.25, 0.3) is 5.95 Å². The molecule has 68 valence electrons. The first-order valence-corrected chi connectivity index (χ1v) is 4.01. The van der Waals surface area contributed by atoms with E-state index in [4.69, 9.17) is 11.2 Å². The zero-order valence-electron chi connectivity index (χ0n) is 7.16. The van der Waals surface area contributed by atoms with Crippen LogP contribution in [0.15, 0.2) is 18.3 Å². The molecular formula is C10H10FNO. The maximum Gasteiger partial charge on any atom is 0.255 e. The van der Waals surface area contributed by atoms with Gasteiger partial charge >= 0.3 is 0 Å². The molecule has 0 saturated heterocycles. The van der Waals surface area contributed by atoms with Crippen molar-refractivity contribution in [2.24, 2.45) is 0 Å². The van der Waals surface area contributed by atoms with Gasteiger partial charge in [-0.05, 0) is 18.6 Å². The Hall–Kier alpha value is -1.56. The van der Waals surface area contributed by atoms with Crippen LogP contribution in [0, 0.1) is 18.3 Å². The summed E-state index contributed by atoms with van der Waals surface area (Å²) in [6, 6.07) is 3.16. The number of nitrogens with zero attached hydrogens (tertiary/aromatic N) is 1. The molecule has 0 spiro atoms. The normalized spacial score (nSPS) is 9.23. The maximum atomic E-state index is 12.8. The van der Waals surface area contributed by atoms with Crippen LogP contribution in [0.25, 0.3) is 0 Å². The molecule has 1 aromatic rings. The molecule has 0 fully saturated rings. The minimum Gasteiger partial charge on any atom is -0.489 e. The maximum absolute atomic E-state index is 12.8. The van der Waals surface area contributed by atoms with Crippen molar-refractivity contribution in [1.82, 2.24) is 4.98 Å². The highest BCUT2D eigenvalue weighted by atomic mass is 18.2. The van der Waals surface area contributed by atoms with Gasteiger partial charge in [-0.3, -0.25) is 0 Å². The molecule has 0 saturated carbocycles. The molecule has 1 aromatic heterocycles. The number of halogens is 1. The van der Waals surface area contributed by atoms with E-state index < -0.39 is 5.95 Å². The zero-order valence-corrected chi connectivity index (χ0v) is 7.16. The summed E-state index contributed by atoms with van der Waals surface area (Å²) in [6.45, 7) is 0.423. The van der Waals surface area contributed by atoms with Gasteiger partial charge in [0.15, 0.2) is 5.75 Å². The summed E-state index contributed by atoms with van der Waals surface area (Å²) in [5.41, 5.74) is 0. The zero-order chi connectivity index (χ0) is 9.52. The lowest BCUT2D eigenvalue weighted by molar-refractivity contribution is 0.293. The van der Waals surface area contributed by atoms with Gasteiger partial charge in [0.05, 0.1) is 6.61 Å². The number of unbranched alkanes of at least 4 members (excludes halogenated alkanes) is 1. The topological polar surface area (TPSA) is 22.1 Å². The third kappa shape index (κ3) is 3.12. The highest BCUT2D eigenvalue weighted by molar-refractivity contribution is 5.17. The Balaban J connectivity index is 2.37. The third-order valence-electron chi connectivity index (χ3n) is 1.45. The van der Waals surface area contributed by atoms with Gasteiger partial charge < -0.3 is 4.74 Å². The van der Waals surface area contributed by atoms with Crippen LogP contribution in [0.2, 0.25) is 0 Å². The number of ether oxygens (including phenoxy) is 1. The molecule has 0 unspecified atom stereocenters. The van der Waals surface area contributed by atoms with Gasteiger partial charge in [-0.1, -0.05) is 0 Å². The minimum absolute atomic E-state index is 0.180. The van der Waals surface area contributed by atoms with Crippen molar-refractivity contribution >= 4 is 0 Å². The molecule has 0 bridgehead atoms. The van der Waals surface area contributed by atoms with Crippen molar-refractivity contribution in [2.75, 3.05) is 6.61 Å². The van der Waals surface area contributed by atoms with Crippen LogP contribution >= 0.6 is 0 Å².